The number of hydrogen-bond acceptors (Lipinski definition) is 4. The van der Waals surface area contributed by atoms with Crippen molar-refractivity contribution in [3.05, 3.63) is 35.9 Å². The van der Waals surface area contributed by atoms with E-state index >= 15 is 0 Å². The quantitative estimate of drug-likeness (QED) is 0.676. The first-order chi connectivity index (χ1) is 11.1. The van der Waals surface area contributed by atoms with Crippen molar-refractivity contribution >= 4 is 17.8 Å². The maximum Gasteiger partial charge on any atom is 0.332 e. The van der Waals surface area contributed by atoms with Gasteiger partial charge in [0.15, 0.2) is 6.10 Å². The number of benzene rings is 1. The Hall–Kier alpha value is -2.41. The zero-order chi connectivity index (χ0) is 16.7. The summed E-state index contributed by atoms with van der Waals surface area (Å²) < 4.78 is 5.14. The molecule has 1 aliphatic rings. The van der Waals surface area contributed by atoms with E-state index in [-0.39, 0.29) is 24.8 Å². The van der Waals surface area contributed by atoms with Crippen molar-refractivity contribution in [2.75, 3.05) is 6.54 Å². The van der Waals surface area contributed by atoms with Crippen LogP contribution in [0.25, 0.3) is 0 Å². The molecule has 7 heteroatoms. The van der Waals surface area contributed by atoms with Gasteiger partial charge in [0.2, 0.25) is 11.8 Å². The van der Waals surface area contributed by atoms with Gasteiger partial charge >= 0.3 is 5.97 Å². The van der Waals surface area contributed by atoms with Gasteiger partial charge in [0.05, 0.1) is 0 Å². The molecule has 0 aliphatic carbocycles. The molecule has 0 spiro atoms. The van der Waals surface area contributed by atoms with Gasteiger partial charge in [-0.15, -0.1) is 0 Å². The first kappa shape index (κ1) is 17.0. The van der Waals surface area contributed by atoms with Gasteiger partial charge in [0.1, 0.15) is 6.10 Å². The monoisotopic (exact) mass is 320 g/mol. The minimum absolute atomic E-state index is 0.160. The Kier molecular flexibility index (Phi) is 6.10. The molecule has 1 aliphatic heterocycles. The van der Waals surface area contributed by atoms with E-state index in [0.717, 1.165) is 5.56 Å². The minimum atomic E-state index is -1.06. The van der Waals surface area contributed by atoms with E-state index in [0.29, 0.717) is 19.4 Å². The lowest BCUT2D eigenvalue weighted by atomic mass is 10.2. The minimum Gasteiger partial charge on any atom is -0.479 e. The van der Waals surface area contributed by atoms with Crippen molar-refractivity contribution < 1.29 is 24.2 Å². The van der Waals surface area contributed by atoms with Gasteiger partial charge < -0.3 is 20.5 Å². The van der Waals surface area contributed by atoms with Gasteiger partial charge in [-0.2, -0.15) is 0 Å². The number of aliphatic carboxylic acids is 1. The van der Waals surface area contributed by atoms with E-state index in [1.807, 2.05) is 30.3 Å². The number of ether oxygens (including phenoxy) is 1. The first-order valence-corrected chi connectivity index (χ1v) is 7.53. The average molecular weight is 320 g/mol. The van der Waals surface area contributed by atoms with Gasteiger partial charge in [-0.1, -0.05) is 30.3 Å². The van der Waals surface area contributed by atoms with E-state index in [9.17, 15) is 14.4 Å². The molecule has 2 atom stereocenters. The molecule has 2 rings (SSSR count). The molecular formula is C16H20N2O5. The van der Waals surface area contributed by atoms with E-state index in [1.54, 1.807) is 0 Å². The van der Waals surface area contributed by atoms with Gasteiger partial charge in [0, 0.05) is 19.5 Å². The summed E-state index contributed by atoms with van der Waals surface area (Å²) in [6.07, 6.45) is -0.801. The fraction of sp³-hybridized carbons (Fsp3) is 0.438. The largest absolute Gasteiger partial charge is 0.479 e. The molecular weight excluding hydrogens is 300 g/mol. The second kappa shape index (κ2) is 8.28. The van der Waals surface area contributed by atoms with E-state index < -0.39 is 18.2 Å². The summed E-state index contributed by atoms with van der Waals surface area (Å²) in [6.45, 7) is 0.636. The summed E-state index contributed by atoms with van der Waals surface area (Å²) in [6, 6.07) is 9.53. The first-order valence-electron chi connectivity index (χ1n) is 7.53. The Morgan fingerprint density at radius 2 is 1.78 bits per heavy atom. The van der Waals surface area contributed by atoms with Gasteiger partial charge in [-0.25, -0.2) is 4.79 Å². The second-order valence-corrected chi connectivity index (χ2v) is 5.33. The van der Waals surface area contributed by atoms with E-state index in [2.05, 4.69) is 10.6 Å². The summed E-state index contributed by atoms with van der Waals surface area (Å²) in [5.41, 5.74) is 1.00. The molecule has 0 radical (unpaired) electrons. The lowest BCUT2D eigenvalue weighted by Gasteiger charge is -2.11. The Balaban J connectivity index is 1.62. The van der Waals surface area contributed by atoms with Crippen molar-refractivity contribution in [1.82, 2.24) is 10.6 Å². The van der Waals surface area contributed by atoms with Crippen LogP contribution in [-0.4, -0.2) is 41.6 Å². The van der Waals surface area contributed by atoms with Crippen LogP contribution < -0.4 is 10.6 Å². The van der Waals surface area contributed by atoms with Crippen LogP contribution in [0, 0.1) is 0 Å². The number of carbonyl (C=O) groups excluding carboxylic acids is 2. The Labute approximate surface area is 134 Å². The molecule has 1 aromatic carbocycles. The summed E-state index contributed by atoms with van der Waals surface area (Å²) in [7, 11) is 0. The highest BCUT2D eigenvalue weighted by Crippen LogP contribution is 2.19. The molecule has 1 aromatic rings. The fourth-order valence-electron chi connectivity index (χ4n) is 2.31. The van der Waals surface area contributed by atoms with Crippen LogP contribution in [-0.2, 0) is 25.7 Å². The third-order valence-electron chi connectivity index (χ3n) is 3.57. The molecule has 0 bridgehead atoms. The molecule has 1 fully saturated rings. The SMILES string of the molecule is O=C(CCNC(=O)[C@@H]1CC[C@H](C(=O)O)O1)NCc1ccccc1. The fourth-order valence-corrected chi connectivity index (χ4v) is 2.31. The highest BCUT2D eigenvalue weighted by molar-refractivity contribution is 5.83. The highest BCUT2D eigenvalue weighted by atomic mass is 16.5. The van der Waals surface area contributed by atoms with Crippen molar-refractivity contribution in [1.29, 1.82) is 0 Å². The Morgan fingerprint density at radius 1 is 1.09 bits per heavy atom. The van der Waals surface area contributed by atoms with Gasteiger partial charge in [-0.05, 0) is 18.4 Å². The van der Waals surface area contributed by atoms with Crippen LogP contribution in [0.15, 0.2) is 30.3 Å². The highest BCUT2D eigenvalue weighted by Gasteiger charge is 2.34. The third kappa shape index (κ3) is 5.37. The second-order valence-electron chi connectivity index (χ2n) is 5.33. The maximum atomic E-state index is 11.8. The Bertz CT molecular complexity index is 561. The molecule has 23 heavy (non-hydrogen) atoms. The number of amides is 2. The van der Waals surface area contributed by atoms with Crippen LogP contribution in [0.1, 0.15) is 24.8 Å². The summed E-state index contributed by atoms with van der Waals surface area (Å²) >= 11 is 0. The standard InChI is InChI=1S/C16H20N2O5/c19-14(18-10-11-4-2-1-3-5-11)8-9-17-15(20)12-6-7-13(23-12)16(21)22/h1-5,12-13H,6-10H2,(H,17,20)(H,18,19)(H,21,22)/t12-,13+/m0/s1. The van der Waals surface area contributed by atoms with Crippen molar-refractivity contribution in [3.8, 4) is 0 Å². The molecule has 1 heterocycles. The van der Waals surface area contributed by atoms with Crippen LogP contribution in [0.3, 0.4) is 0 Å². The van der Waals surface area contributed by atoms with Crippen LogP contribution >= 0.6 is 0 Å². The summed E-state index contributed by atoms with van der Waals surface area (Å²) in [5, 5.41) is 14.2. The van der Waals surface area contributed by atoms with Crippen LogP contribution in [0.4, 0.5) is 0 Å². The lowest BCUT2D eigenvalue weighted by Crippen LogP contribution is -2.37. The molecule has 7 nitrogen and oxygen atoms in total. The maximum absolute atomic E-state index is 11.8. The molecule has 2 amide bonds. The third-order valence-corrected chi connectivity index (χ3v) is 3.57. The van der Waals surface area contributed by atoms with E-state index in [1.165, 1.54) is 0 Å². The topological polar surface area (TPSA) is 105 Å². The zero-order valence-electron chi connectivity index (χ0n) is 12.7. The average Bonchev–Trinajstić information content (AvgIpc) is 3.04. The Morgan fingerprint density at radius 3 is 2.43 bits per heavy atom. The number of carboxylic acids is 1. The number of rotatable bonds is 7. The molecule has 0 saturated carbocycles. The molecule has 0 aromatic heterocycles. The van der Waals surface area contributed by atoms with Crippen molar-refractivity contribution in [3.63, 3.8) is 0 Å². The summed E-state index contributed by atoms with van der Waals surface area (Å²) in [4.78, 5) is 34.3. The van der Waals surface area contributed by atoms with Gasteiger partial charge in [0.25, 0.3) is 0 Å². The van der Waals surface area contributed by atoms with Gasteiger partial charge in [-0.3, -0.25) is 9.59 Å². The van der Waals surface area contributed by atoms with Crippen LogP contribution in [0.2, 0.25) is 0 Å². The zero-order valence-corrected chi connectivity index (χ0v) is 12.7. The number of hydrogen-bond donors (Lipinski definition) is 3. The molecule has 124 valence electrons. The number of carbonyl (C=O) groups is 3. The predicted octanol–water partition coefficient (Wildman–Crippen LogP) is 0.441. The molecule has 1 saturated heterocycles. The normalized spacial score (nSPS) is 20.0. The number of nitrogens with one attached hydrogen (secondary N) is 2. The van der Waals surface area contributed by atoms with Crippen molar-refractivity contribution in [2.45, 2.75) is 38.0 Å². The smallest absolute Gasteiger partial charge is 0.332 e. The summed E-state index contributed by atoms with van der Waals surface area (Å²) in [5.74, 6) is -1.59. The molecule has 3 N–H and O–H groups in total. The predicted molar refractivity (Wildman–Crippen MR) is 81.4 cm³/mol. The van der Waals surface area contributed by atoms with E-state index in [4.69, 9.17) is 9.84 Å². The van der Waals surface area contributed by atoms with Crippen LogP contribution in [0.5, 0.6) is 0 Å². The lowest BCUT2D eigenvalue weighted by molar-refractivity contribution is -0.151. The number of carboxylic acid groups (broad SMARTS) is 1. The molecule has 0 unspecified atom stereocenters. The van der Waals surface area contributed by atoms with Crippen molar-refractivity contribution in [2.24, 2.45) is 0 Å².